The highest BCUT2D eigenvalue weighted by Crippen LogP contribution is 2.42. The average Bonchev–Trinajstić information content (AvgIpc) is 2.47. The Labute approximate surface area is 132 Å². The Morgan fingerprint density at radius 2 is 2.14 bits per heavy atom. The van der Waals surface area contributed by atoms with E-state index < -0.39 is 0 Å². The first-order valence-corrected chi connectivity index (χ1v) is 8.82. The standard InChI is InChI=1S/C17H26N2OS/c1-3-20-17(10-6-7-12(2)11-17)16-18-14-9-5-4-8-13(14)15(21)19-16/h12H,3-11H2,1-2H3,(H,18,19,21). The van der Waals surface area contributed by atoms with Gasteiger partial charge in [0.1, 0.15) is 16.1 Å². The first-order chi connectivity index (χ1) is 10.1. The van der Waals surface area contributed by atoms with Gasteiger partial charge in [0, 0.05) is 17.9 Å². The molecule has 3 nitrogen and oxygen atoms in total. The summed E-state index contributed by atoms with van der Waals surface area (Å²) in [6.07, 6.45) is 9.28. The van der Waals surface area contributed by atoms with Gasteiger partial charge >= 0.3 is 0 Å². The van der Waals surface area contributed by atoms with Gasteiger partial charge in [0.15, 0.2) is 0 Å². The first-order valence-electron chi connectivity index (χ1n) is 8.41. The third kappa shape index (κ3) is 2.93. The molecule has 2 aliphatic carbocycles. The van der Waals surface area contributed by atoms with Crippen LogP contribution in [0.2, 0.25) is 0 Å². The molecule has 4 heteroatoms. The maximum Gasteiger partial charge on any atom is 0.140 e. The second kappa shape index (κ2) is 6.17. The lowest BCUT2D eigenvalue weighted by Crippen LogP contribution is -2.37. The lowest BCUT2D eigenvalue weighted by molar-refractivity contribution is -0.0883. The van der Waals surface area contributed by atoms with Gasteiger partial charge in [-0.05, 0) is 57.8 Å². The minimum atomic E-state index is -0.244. The van der Waals surface area contributed by atoms with Crippen LogP contribution in [-0.2, 0) is 23.2 Å². The predicted molar refractivity (Wildman–Crippen MR) is 87.0 cm³/mol. The fourth-order valence-electron chi connectivity index (χ4n) is 4.03. The van der Waals surface area contributed by atoms with Gasteiger partial charge in [-0.2, -0.15) is 0 Å². The van der Waals surface area contributed by atoms with Crippen molar-refractivity contribution in [2.24, 2.45) is 5.92 Å². The summed E-state index contributed by atoms with van der Waals surface area (Å²) in [6.45, 7) is 5.13. The third-order valence-corrected chi connectivity index (χ3v) is 5.35. The molecular formula is C17H26N2OS. The number of ether oxygens (including phenoxy) is 1. The fraction of sp³-hybridized carbons (Fsp3) is 0.765. The van der Waals surface area contributed by atoms with Crippen molar-refractivity contribution in [3.63, 3.8) is 0 Å². The monoisotopic (exact) mass is 306 g/mol. The van der Waals surface area contributed by atoms with Gasteiger partial charge < -0.3 is 9.72 Å². The summed E-state index contributed by atoms with van der Waals surface area (Å²) < 4.78 is 7.03. The van der Waals surface area contributed by atoms with E-state index in [9.17, 15) is 0 Å². The summed E-state index contributed by atoms with van der Waals surface area (Å²) >= 11 is 5.57. The predicted octanol–water partition coefficient (Wildman–Crippen LogP) is 4.46. The van der Waals surface area contributed by atoms with Crippen LogP contribution in [0.4, 0.5) is 0 Å². The molecule has 0 amide bonds. The van der Waals surface area contributed by atoms with E-state index in [-0.39, 0.29) is 5.60 Å². The van der Waals surface area contributed by atoms with Crippen molar-refractivity contribution in [3.8, 4) is 0 Å². The minimum absolute atomic E-state index is 0.244. The van der Waals surface area contributed by atoms with Crippen molar-refractivity contribution < 1.29 is 4.74 Å². The topological polar surface area (TPSA) is 37.9 Å². The smallest absolute Gasteiger partial charge is 0.140 e. The number of aryl methyl sites for hydroxylation is 1. The van der Waals surface area contributed by atoms with Gasteiger partial charge in [-0.15, -0.1) is 0 Å². The largest absolute Gasteiger partial charge is 0.367 e. The Morgan fingerprint density at radius 1 is 1.33 bits per heavy atom. The molecule has 0 bridgehead atoms. The number of aromatic nitrogens is 2. The molecule has 3 rings (SSSR count). The minimum Gasteiger partial charge on any atom is -0.367 e. The van der Waals surface area contributed by atoms with Crippen molar-refractivity contribution in [1.82, 2.24) is 9.97 Å². The Bertz CT molecular complexity index is 564. The highest BCUT2D eigenvalue weighted by atomic mass is 32.1. The van der Waals surface area contributed by atoms with E-state index >= 15 is 0 Å². The summed E-state index contributed by atoms with van der Waals surface area (Å²) in [6, 6.07) is 0. The van der Waals surface area contributed by atoms with Crippen molar-refractivity contribution >= 4 is 12.2 Å². The Morgan fingerprint density at radius 3 is 2.90 bits per heavy atom. The number of aromatic amines is 1. The first kappa shape index (κ1) is 15.2. The average molecular weight is 306 g/mol. The van der Waals surface area contributed by atoms with Gasteiger partial charge in [-0.1, -0.05) is 25.6 Å². The summed E-state index contributed by atoms with van der Waals surface area (Å²) in [4.78, 5) is 8.39. The molecule has 1 aromatic rings. The number of hydrogen-bond donors (Lipinski definition) is 1. The van der Waals surface area contributed by atoms with E-state index in [1.165, 1.54) is 36.9 Å². The van der Waals surface area contributed by atoms with E-state index in [2.05, 4.69) is 18.8 Å². The molecule has 2 atom stereocenters. The number of nitrogens with zero attached hydrogens (tertiary/aromatic N) is 1. The van der Waals surface area contributed by atoms with Crippen LogP contribution >= 0.6 is 12.2 Å². The van der Waals surface area contributed by atoms with Crippen LogP contribution in [0, 0.1) is 10.6 Å². The zero-order valence-electron chi connectivity index (χ0n) is 13.2. The van der Waals surface area contributed by atoms with Crippen LogP contribution in [0.3, 0.4) is 0 Å². The van der Waals surface area contributed by atoms with E-state index in [1.807, 2.05) is 0 Å². The molecule has 0 aromatic carbocycles. The molecule has 0 spiro atoms. The zero-order chi connectivity index (χ0) is 14.9. The van der Waals surface area contributed by atoms with Gasteiger partial charge in [0.05, 0.1) is 0 Å². The molecule has 2 unspecified atom stereocenters. The van der Waals surface area contributed by atoms with Crippen molar-refractivity contribution in [2.45, 2.75) is 70.8 Å². The van der Waals surface area contributed by atoms with E-state index in [0.717, 1.165) is 42.8 Å². The van der Waals surface area contributed by atoms with Crippen molar-refractivity contribution in [1.29, 1.82) is 0 Å². The van der Waals surface area contributed by atoms with Crippen molar-refractivity contribution in [3.05, 3.63) is 21.7 Å². The van der Waals surface area contributed by atoms with Crippen LogP contribution in [0.25, 0.3) is 0 Å². The Kier molecular flexibility index (Phi) is 4.46. The Balaban J connectivity index is 2.03. The van der Waals surface area contributed by atoms with Gasteiger partial charge in [0.2, 0.25) is 0 Å². The van der Waals surface area contributed by atoms with Crippen LogP contribution in [0.1, 0.15) is 69.5 Å². The molecule has 1 aromatic heterocycles. The molecule has 0 radical (unpaired) electrons. The number of nitrogens with one attached hydrogen (secondary N) is 1. The SMILES string of the molecule is CCOC1(c2nc(=S)c3c([nH]2)CCCC3)CCCC(C)C1. The molecule has 0 saturated heterocycles. The molecule has 2 aliphatic rings. The zero-order valence-corrected chi connectivity index (χ0v) is 14.0. The fourth-order valence-corrected chi connectivity index (χ4v) is 4.35. The molecule has 116 valence electrons. The highest BCUT2D eigenvalue weighted by molar-refractivity contribution is 7.71. The van der Waals surface area contributed by atoms with E-state index in [1.54, 1.807) is 0 Å². The molecule has 1 saturated carbocycles. The summed E-state index contributed by atoms with van der Waals surface area (Å²) in [5, 5.41) is 0. The number of rotatable bonds is 3. The lowest BCUT2D eigenvalue weighted by atomic mass is 9.78. The summed E-state index contributed by atoms with van der Waals surface area (Å²) in [5.41, 5.74) is 2.34. The highest BCUT2D eigenvalue weighted by Gasteiger charge is 2.40. The van der Waals surface area contributed by atoms with Crippen LogP contribution < -0.4 is 0 Å². The maximum absolute atomic E-state index is 6.23. The van der Waals surface area contributed by atoms with Crippen LogP contribution in [0.5, 0.6) is 0 Å². The number of fused-ring (bicyclic) bond motifs is 1. The molecule has 21 heavy (non-hydrogen) atoms. The third-order valence-electron chi connectivity index (χ3n) is 5.02. The van der Waals surface area contributed by atoms with Crippen molar-refractivity contribution in [2.75, 3.05) is 6.61 Å². The van der Waals surface area contributed by atoms with Gasteiger partial charge in [-0.25, -0.2) is 4.98 Å². The van der Waals surface area contributed by atoms with Crippen LogP contribution in [0.15, 0.2) is 0 Å². The van der Waals surface area contributed by atoms with Gasteiger partial charge in [-0.3, -0.25) is 0 Å². The second-order valence-corrected chi connectivity index (χ2v) is 7.07. The molecule has 1 N–H and O–H groups in total. The molecule has 1 heterocycles. The normalized spacial score (nSPS) is 29.1. The molecular weight excluding hydrogens is 280 g/mol. The van der Waals surface area contributed by atoms with E-state index in [4.69, 9.17) is 21.9 Å². The Hall–Kier alpha value is -0.740. The number of hydrogen-bond acceptors (Lipinski definition) is 3. The van der Waals surface area contributed by atoms with Crippen LogP contribution in [-0.4, -0.2) is 16.6 Å². The number of H-pyrrole nitrogens is 1. The molecule has 0 aliphatic heterocycles. The van der Waals surface area contributed by atoms with Gasteiger partial charge in [0.25, 0.3) is 0 Å². The second-order valence-electron chi connectivity index (χ2n) is 6.68. The summed E-state index contributed by atoms with van der Waals surface area (Å²) in [5.74, 6) is 1.67. The summed E-state index contributed by atoms with van der Waals surface area (Å²) in [7, 11) is 0. The lowest BCUT2D eigenvalue weighted by Gasteiger charge is -2.39. The molecule has 1 fully saturated rings. The quantitative estimate of drug-likeness (QED) is 0.838. The van der Waals surface area contributed by atoms with E-state index in [0.29, 0.717) is 5.92 Å². The maximum atomic E-state index is 6.23.